The molecular weight excluding hydrogens is 344 g/mol. The highest BCUT2D eigenvalue weighted by Crippen LogP contribution is 2.36. The second-order valence-corrected chi connectivity index (χ2v) is 9.25. The van der Waals surface area contributed by atoms with Gasteiger partial charge in [-0.2, -0.15) is 5.06 Å². The normalized spacial score (nSPS) is 22.1. The van der Waals surface area contributed by atoms with Gasteiger partial charge < -0.3 is 0 Å². The summed E-state index contributed by atoms with van der Waals surface area (Å²) in [4.78, 5) is 7.70. The van der Waals surface area contributed by atoms with Crippen molar-refractivity contribution < 1.29 is 13.3 Å². The van der Waals surface area contributed by atoms with Gasteiger partial charge >= 0.3 is 0 Å². The Morgan fingerprint density at radius 3 is 2.67 bits per heavy atom. The van der Waals surface area contributed by atoms with E-state index in [4.69, 9.17) is 4.84 Å². The second-order valence-electron chi connectivity index (χ2n) is 5.95. The highest BCUT2D eigenvalue weighted by atomic mass is 32.2. The summed E-state index contributed by atoms with van der Waals surface area (Å²) in [6.45, 7) is 2.59. The monoisotopic (exact) mass is 366 g/mol. The van der Waals surface area contributed by atoms with E-state index in [0.29, 0.717) is 13.0 Å². The maximum Gasteiger partial charge on any atom is 0.218 e. The number of nitrogens with one attached hydrogen (secondary N) is 1. The molecule has 2 unspecified atom stereocenters. The third-order valence-corrected chi connectivity index (χ3v) is 7.07. The molecule has 5 nitrogen and oxygen atoms in total. The van der Waals surface area contributed by atoms with Crippen LogP contribution in [0.2, 0.25) is 0 Å². The van der Waals surface area contributed by atoms with Crippen LogP contribution in [0.5, 0.6) is 0 Å². The maximum atomic E-state index is 12.7. The van der Waals surface area contributed by atoms with E-state index in [1.165, 1.54) is 4.88 Å². The van der Waals surface area contributed by atoms with Gasteiger partial charge in [0, 0.05) is 23.3 Å². The molecule has 1 N–H and O–H groups in total. The number of hydrogen-bond donors (Lipinski definition) is 1. The lowest BCUT2D eigenvalue weighted by molar-refractivity contribution is -0.110. The molecule has 1 aromatic heterocycles. The fourth-order valence-electron chi connectivity index (χ4n) is 2.92. The largest absolute Gasteiger partial charge is 0.297 e. The zero-order valence-corrected chi connectivity index (χ0v) is 15.4. The van der Waals surface area contributed by atoms with Crippen LogP contribution in [0.15, 0.2) is 42.5 Å². The Bertz CT molecular complexity index is 774. The molecule has 1 aliphatic heterocycles. The third kappa shape index (κ3) is 3.87. The van der Waals surface area contributed by atoms with Gasteiger partial charge in [0.05, 0.1) is 12.6 Å². The summed E-state index contributed by atoms with van der Waals surface area (Å²) < 4.78 is 28.2. The van der Waals surface area contributed by atoms with Crippen molar-refractivity contribution in [1.29, 1.82) is 0 Å². The molecule has 2 aromatic rings. The van der Waals surface area contributed by atoms with Crippen LogP contribution in [0.1, 0.15) is 21.4 Å². The topological polar surface area (TPSA) is 58.6 Å². The van der Waals surface area contributed by atoms with Crippen molar-refractivity contribution in [3.05, 3.63) is 57.8 Å². The minimum atomic E-state index is -3.46. The van der Waals surface area contributed by atoms with E-state index in [1.807, 2.05) is 49.4 Å². The van der Waals surface area contributed by atoms with Crippen molar-refractivity contribution in [3.63, 3.8) is 0 Å². The van der Waals surface area contributed by atoms with Crippen molar-refractivity contribution in [1.82, 2.24) is 9.79 Å². The van der Waals surface area contributed by atoms with Crippen molar-refractivity contribution in [2.75, 3.05) is 20.2 Å². The molecule has 1 aliphatic rings. The first-order chi connectivity index (χ1) is 11.5. The van der Waals surface area contributed by atoms with Gasteiger partial charge in [0.1, 0.15) is 5.25 Å². The van der Waals surface area contributed by atoms with Crippen LogP contribution < -0.4 is 4.72 Å². The van der Waals surface area contributed by atoms with E-state index in [9.17, 15) is 8.42 Å². The summed E-state index contributed by atoms with van der Waals surface area (Å²) in [5.74, 6) is 0. The highest BCUT2D eigenvalue weighted by Gasteiger charge is 2.43. The molecule has 0 aliphatic carbocycles. The average molecular weight is 367 g/mol. The molecule has 1 saturated heterocycles. The van der Waals surface area contributed by atoms with Gasteiger partial charge in [-0.1, -0.05) is 30.3 Å². The Hall–Kier alpha value is -1.25. The molecule has 2 atom stereocenters. The van der Waals surface area contributed by atoms with E-state index in [0.717, 1.165) is 10.4 Å². The number of rotatable bonds is 6. The maximum absolute atomic E-state index is 12.7. The lowest BCUT2D eigenvalue weighted by Gasteiger charge is -2.21. The first-order valence-corrected chi connectivity index (χ1v) is 10.3. The Kier molecular flexibility index (Phi) is 5.36. The minimum Gasteiger partial charge on any atom is -0.297 e. The van der Waals surface area contributed by atoms with E-state index in [1.54, 1.807) is 23.4 Å². The summed E-state index contributed by atoms with van der Waals surface area (Å²) >= 11 is 1.62. The Morgan fingerprint density at radius 2 is 2.00 bits per heavy atom. The number of thiophene rings is 1. The zero-order chi connectivity index (χ0) is 17.2. The molecule has 0 spiro atoms. The predicted octanol–water partition coefficient (Wildman–Crippen LogP) is 2.51. The fourth-order valence-corrected chi connectivity index (χ4v) is 5.58. The van der Waals surface area contributed by atoms with Crippen LogP contribution in [0, 0.1) is 6.92 Å². The number of hydrogen-bond acceptors (Lipinski definition) is 5. The Balaban J connectivity index is 1.68. The standard InChI is InChI=1S/C17H22N2O3S2/c1-13-8-9-15(23-13)17-16(12-22-19(17)2)24(20,21)18-11-10-14-6-4-3-5-7-14/h3-9,16-18H,10-12H2,1-2H3. The summed E-state index contributed by atoms with van der Waals surface area (Å²) in [5.41, 5.74) is 1.12. The van der Waals surface area contributed by atoms with Crippen LogP contribution in [-0.4, -0.2) is 38.9 Å². The molecule has 130 valence electrons. The SMILES string of the molecule is Cc1ccc(C2C(S(=O)(=O)NCCc3ccccc3)CON2C)s1. The number of aryl methyl sites for hydroxylation is 1. The molecule has 1 fully saturated rings. The Morgan fingerprint density at radius 1 is 1.25 bits per heavy atom. The number of sulfonamides is 1. The van der Waals surface area contributed by atoms with Crippen molar-refractivity contribution in [3.8, 4) is 0 Å². The third-order valence-electron chi connectivity index (χ3n) is 4.20. The Labute approximate surface area is 147 Å². The molecule has 3 rings (SSSR count). The summed E-state index contributed by atoms with van der Waals surface area (Å²) in [6.07, 6.45) is 0.673. The summed E-state index contributed by atoms with van der Waals surface area (Å²) in [5, 5.41) is 1.06. The number of benzene rings is 1. The molecule has 1 aromatic carbocycles. The fraction of sp³-hybridized carbons (Fsp3) is 0.412. The first kappa shape index (κ1) is 17.6. The average Bonchev–Trinajstić information content (AvgIpc) is 3.14. The molecule has 0 saturated carbocycles. The molecule has 0 radical (unpaired) electrons. The first-order valence-electron chi connectivity index (χ1n) is 7.92. The second kappa shape index (κ2) is 7.33. The van der Waals surface area contributed by atoms with Gasteiger partial charge in [0.15, 0.2) is 0 Å². The lowest BCUT2D eigenvalue weighted by atomic mass is 10.2. The molecule has 0 amide bonds. The van der Waals surface area contributed by atoms with Crippen molar-refractivity contribution in [2.24, 2.45) is 0 Å². The van der Waals surface area contributed by atoms with Crippen LogP contribution in [0.25, 0.3) is 0 Å². The van der Waals surface area contributed by atoms with Gasteiger partial charge in [0.25, 0.3) is 0 Å². The molecule has 0 bridgehead atoms. The van der Waals surface area contributed by atoms with Gasteiger partial charge in [-0.15, -0.1) is 11.3 Å². The van der Waals surface area contributed by atoms with Gasteiger partial charge in [-0.25, -0.2) is 13.1 Å². The molecular formula is C17H22N2O3S2. The highest BCUT2D eigenvalue weighted by molar-refractivity contribution is 7.90. The van der Waals surface area contributed by atoms with E-state index in [2.05, 4.69) is 4.72 Å². The molecule has 24 heavy (non-hydrogen) atoms. The van der Waals surface area contributed by atoms with Gasteiger partial charge in [-0.05, 0) is 31.0 Å². The van der Waals surface area contributed by atoms with Gasteiger partial charge in [-0.3, -0.25) is 4.84 Å². The van der Waals surface area contributed by atoms with Crippen molar-refractivity contribution >= 4 is 21.4 Å². The quantitative estimate of drug-likeness (QED) is 0.853. The molecule has 2 heterocycles. The summed E-state index contributed by atoms with van der Waals surface area (Å²) in [7, 11) is -1.67. The predicted molar refractivity (Wildman–Crippen MR) is 96.4 cm³/mol. The smallest absolute Gasteiger partial charge is 0.218 e. The zero-order valence-electron chi connectivity index (χ0n) is 13.8. The van der Waals surface area contributed by atoms with Crippen LogP contribution >= 0.6 is 11.3 Å². The van der Waals surface area contributed by atoms with E-state index in [-0.39, 0.29) is 12.6 Å². The van der Waals surface area contributed by atoms with E-state index < -0.39 is 15.3 Å². The summed E-state index contributed by atoms with van der Waals surface area (Å²) in [6, 6.07) is 13.6. The van der Waals surface area contributed by atoms with Crippen molar-refractivity contribution in [2.45, 2.75) is 24.6 Å². The van der Waals surface area contributed by atoms with E-state index >= 15 is 0 Å². The van der Waals surface area contributed by atoms with Crippen LogP contribution in [-0.2, 0) is 21.3 Å². The number of hydroxylamine groups is 2. The van der Waals surface area contributed by atoms with Crippen LogP contribution in [0.3, 0.4) is 0 Å². The van der Waals surface area contributed by atoms with Crippen LogP contribution in [0.4, 0.5) is 0 Å². The number of nitrogens with zero attached hydrogens (tertiary/aromatic N) is 1. The lowest BCUT2D eigenvalue weighted by Crippen LogP contribution is -2.39. The van der Waals surface area contributed by atoms with Gasteiger partial charge in [0.2, 0.25) is 10.0 Å². The molecule has 7 heteroatoms. The minimum absolute atomic E-state index is 0.179.